The van der Waals surface area contributed by atoms with Gasteiger partial charge >= 0.3 is 36.3 Å². The Morgan fingerprint density at radius 2 is 1.24 bits per heavy atom. The zero-order chi connectivity index (χ0) is 30.8. The number of nitrogens with one attached hydrogen (secondary N) is 1. The van der Waals surface area contributed by atoms with Crippen molar-refractivity contribution in [3.8, 4) is 0 Å². The summed E-state index contributed by atoms with van der Waals surface area (Å²) >= 11 is 0. The quantitative estimate of drug-likeness (QED) is 0.181. The first-order valence-electron chi connectivity index (χ1n) is 10.1. The third kappa shape index (κ3) is 8.95. The molecule has 1 atom stereocenters. The number of halogens is 14. The first-order chi connectivity index (χ1) is 16.4. The van der Waals surface area contributed by atoms with Gasteiger partial charge in [-0.2, -0.15) is 52.7 Å². The van der Waals surface area contributed by atoms with E-state index in [1.807, 2.05) is 0 Å². The van der Waals surface area contributed by atoms with Crippen LogP contribution in [0.4, 0.5) is 61.5 Å². The molecule has 0 spiro atoms. The van der Waals surface area contributed by atoms with E-state index in [4.69, 9.17) is 5.11 Å². The Morgan fingerprint density at radius 1 is 0.816 bits per heavy atom. The van der Waals surface area contributed by atoms with E-state index in [0.29, 0.717) is 0 Å². The van der Waals surface area contributed by atoms with E-state index < -0.39 is 89.6 Å². The van der Waals surface area contributed by atoms with Gasteiger partial charge < -0.3 is 9.59 Å². The summed E-state index contributed by atoms with van der Waals surface area (Å²) in [5, 5.41) is 8.73. The molecule has 38 heavy (non-hydrogen) atoms. The van der Waals surface area contributed by atoms with Crippen LogP contribution in [-0.2, 0) is 14.8 Å². The Kier molecular flexibility index (Phi) is 11.0. The number of carboxylic acids is 1. The normalized spacial score (nSPS) is 16.0. The van der Waals surface area contributed by atoms with E-state index in [9.17, 15) is 74.7 Å². The van der Waals surface area contributed by atoms with E-state index in [1.165, 1.54) is 14.1 Å². The summed E-state index contributed by atoms with van der Waals surface area (Å²) in [6.07, 6.45) is -35.2. The molecular formula is C17H23F14N2O4S+. The van der Waals surface area contributed by atoms with E-state index >= 15 is 0 Å². The lowest BCUT2D eigenvalue weighted by atomic mass is 9.77. The van der Waals surface area contributed by atoms with Crippen LogP contribution in [0.1, 0.15) is 19.3 Å². The zero-order valence-corrected chi connectivity index (χ0v) is 20.2. The van der Waals surface area contributed by atoms with Crippen LogP contribution in [0.5, 0.6) is 0 Å². The molecular weight excluding hydrogens is 594 g/mol. The zero-order valence-electron chi connectivity index (χ0n) is 19.3. The van der Waals surface area contributed by atoms with Gasteiger partial charge in [0, 0.05) is 25.3 Å². The molecule has 0 aliphatic heterocycles. The number of hydrogen-bond acceptors (Lipinski definition) is 3. The molecule has 0 aliphatic carbocycles. The van der Waals surface area contributed by atoms with Crippen LogP contribution in [0, 0.1) is 5.92 Å². The number of hydrogen-bond donors (Lipinski definition) is 2. The number of sulfonamides is 1. The molecule has 0 aromatic carbocycles. The minimum atomic E-state index is -7.22. The van der Waals surface area contributed by atoms with Crippen LogP contribution in [0.3, 0.4) is 0 Å². The molecule has 0 aliphatic rings. The van der Waals surface area contributed by atoms with Gasteiger partial charge in [-0.25, -0.2) is 26.7 Å². The molecule has 1 unspecified atom stereocenters. The number of likely N-dealkylation sites (N-methyl/N-ethyl adjacent to an activating group) is 1. The van der Waals surface area contributed by atoms with Crippen molar-refractivity contribution in [3.05, 3.63) is 0 Å². The Labute approximate surface area is 206 Å². The maximum Gasteiger partial charge on any atom is 0.431 e. The molecule has 0 saturated carbocycles. The summed E-state index contributed by atoms with van der Waals surface area (Å²) < 4.78 is 210. The highest BCUT2D eigenvalue weighted by Crippen LogP contribution is 2.57. The molecule has 0 amide bonds. The first kappa shape index (κ1) is 36.4. The van der Waals surface area contributed by atoms with Gasteiger partial charge in [0.05, 0.1) is 26.4 Å². The molecule has 0 aromatic rings. The summed E-state index contributed by atoms with van der Waals surface area (Å²) in [6.45, 7) is -1.16. The lowest BCUT2D eigenvalue weighted by molar-refractivity contribution is -0.883. The maximum atomic E-state index is 14.5. The van der Waals surface area contributed by atoms with Crippen LogP contribution < -0.4 is 4.72 Å². The number of alkyl halides is 14. The number of carboxylic acid groups (broad SMARTS) is 1. The predicted molar refractivity (Wildman–Crippen MR) is 101 cm³/mol. The average molecular weight is 617 g/mol. The van der Waals surface area contributed by atoms with Crippen LogP contribution in [0.15, 0.2) is 0 Å². The van der Waals surface area contributed by atoms with Gasteiger partial charge in [0.2, 0.25) is 10.0 Å². The smallest absolute Gasteiger partial charge is 0.431 e. The standard InChI is InChI=1S/C17H22F14N2O4S/c1-33(2,9-11(34)35)6-3-5-32-38(36,37)7-4-10(13(19,16(26,27)28)17(29,30)31)8-12(18,14(20,21)22)15(23,24)25/h10,32H,3-9H2,1-2H3/p+1. The first-order valence-corrected chi connectivity index (χ1v) is 11.7. The van der Waals surface area contributed by atoms with Gasteiger partial charge in [-0.15, -0.1) is 0 Å². The molecule has 0 heterocycles. The highest BCUT2D eigenvalue weighted by molar-refractivity contribution is 7.89. The minimum absolute atomic E-state index is 0.0608. The summed E-state index contributed by atoms with van der Waals surface area (Å²) in [5.41, 5.74) is -13.6. The largest absolute Gasteiger partial charge is 0.477 e. The van der Waals surface area contributed by atoms with E-state index in [-0.39, 0.29) is 17.4 Å². The number of rotatable bonds is 13. The minimum Gasteiger partial charge on any atom is -0.477 e. The van der Waals surface area contributed by atoms with Crippen molar-refractivity contribution in [3.63, 3.8) is 0 Å². The Morgan fingerprint density at radius 3 is 1.58 bits per heavy atom. The Hall–Kier alpha value is -1.64. The van der Waals surface area contributed by atoms with E-state index in [1.54, 1.807) is 4.72 Å². The van der Waals surface area contributed by atoms with Gasteiger partial charge in [-0.1, -0.05) is 0 Å². The lowest BCUT2D eigenvalue weighted by Gasteiger charge is -2.40. The highest BCUT2D eigenvalue weighted by Gasteiger charge is 2.80. The van der Waals surface area contributed by atoms with Crippen molar-refractivity contribution in [1.29, 1.82) is 0 Å². The summed E-state index contributed by atoms with van der Waals surface area (Å²) in [5.74, 6) is -7.85. The monoisotopic (exact) mass is 617 g/mol. The molecule has 0 saturated heterocycles. The van der Waals surface area contributed by atoms with Gasteiger partial charge in [0.1, 0.15) is 0 Å². The van der Waals surface area contributed by atoms with Crippen LogP contribution in [0.25, 0.3) is 0 Å². The molecule has 0 bridgehead atoms. The fraction of sp³-hybridized carbons (Fsp3) is 0.941. The van der Waals surface area contributed by atoms with Crippen molar-refractivity contribution in [2.45, 2.75) is 55.3 Å². The lowest BCUT2D eigenvalue weighted by Crippen LogP contribution is -2.62. The maximum absolute atomic E-state index is 14.5. The Bertz CT molecular complexity index is 882. The van der Waals surface area contributed by atoms with Crippen molar-refractivity contribution in [1.82, 2.24) is 4.72 Å². The molecule has 0 radical (unpaired) electrons. The van der Waals surface area contributed by atoms with Crippen molar-refractivity contribution >= 4 is 16.0 Å². The number of quaternary nitrogens is 1. The van der Waals surface area contributed by atoms with E-state index in [0.717, 1.165) is 0 Å². The third-order valence-electron chi connectivity index (χ3n) is 5.37. The van der Waals surface area contributed by atoms with Crippen molar-refractivity contribution < 1.29 is 84.3 Å². The van der Waals surface area contributed by atoms with Gasteiger partial charge in [-0.3, -0.25) is 0 Å². The average Bonchev–Trinajstić information content (AvgIpc) is 2.63. The topological polar surface area (TPSA) is 83.5 Å². The summed E-state index contributed by atoms with van der Waals surface area (Å²) in [4.78, 5) is 10.7. The molecule has 0 rings (SSSR count). The highest BCUT2D eigenvalue weighted by atomic mass is 32.2. The fourth-order valence-electron chi connectivity index (χ4n) is 3.35. The van der Waals surface area contributed by atoms with Gasteiger partial charge in [0.15, 0.2) is 6.54 Å². The van der Waals surface area contributed by atoms with Crippen molar-refractivity contribution in [2.75, 3.05) is 39.5 Å². The fourth-order valence-corrected chi connectivity index (χ4v) is 4.54. The van der Waals surface area contributed by atoms with E-state index in [2.05, 4.69) is 0 Å². The number of nitrogens with zero attached hydrogens (tertiary/aromatic N) is 1. The van der Waals surface area contributed by atoms with Crippen LogP contribution >= 0.6 is 0 Å². The SMILES string of the molecule is C[N+](C)(CCCNS(=O)(=O)CCC(CC(F)(C(F)(F)F)C(F)(F)F)C(F)(C(F)(F)F)C(F)(F)F)CC(=O)O. The van der Waals surface area contributed by atoms with Gasteiger partial charge in [0.25, 0.3) is 5.67 Å². The third-order valence-corrected chi connectivity index (χ3v) is 6.79. The Balaban J connectivity index is 6.12. The second kappa shape index (κ2) is 11.5. The second-order valence-corrected chi connectivity index (χ2v) is 10.9. The van der Waals surface area contributed by atoms with Gasteiger partial charge in [-0.05, 0) is 6.42 Å². The van der Waals surface area contributed by atoms with Crippen molar-refractivity contribution in [2.24, 2.45) is 5.92 Å². The molecule has 2 N–H and O–H groups in total. The summed E-state index contributed by atoms with van der Waals surface area (Å²) in [7, 11) is -2.29. The molecule has 0 fully saturated rings. The van der Waals surface area contributed by atoms with Crippen LogP contribution in [0.2, 0.25) is 0 Å². The number of aliphatic carboxylic acids is 1. The second-order valence-electron chi connectivity index (χ2n) is 8.97. The summed E-state index contributed by atoms with van der Waals surface area (Å²) in [6, 6.07) is 0. The van der Waals surface area contributed by atoms with Crippen LogP contribution in [-0.4, -0.2) is 99.5 Å². The number of carbonyl (C=O) groups is 1. The molecule has 6 nitrogen and oxygen atoms in total. The molecule has 228 valence electrons. The molecule has 0 aromatic heterocycles. The molecule has 21 heteroatoms. The predicted octanol–water partition coefficient (Wildman–Crippen LogP) is 4.52.